The third-order valence-electron chi connectivity index (χ3n) is 6.78. The summed E-state index contributed by atoms with van der Waals surface area (Å²) >= 11 is 0. The molecule has 4 heteroatoms. The van der Waals surface area contributed by atoms with E-state index < -0.39 is 4.92 Å². The summed E-state index contributed by atoms with van der Waals surface area (Å²) in [7, 11) is 0. The maximum Gasteiger partial charge on any atom is 0.269 e. The molecule has 0 spiro atoms. The lowest BCUT2D eigenvalue weighted by Crippen LogP contribution is -2.10. The van der Waals surface area contributed by atoms with E-state index in [1.807, 2.05) is 20.8 Å². The van der Waals surface area contributed by atoms with Crippen LogP contribution in [-0.4, -0.2) is 4.92 Å². The highest BCUT2D eigenvalue weighted by Crippen LogP contribution is 2.39. The number of aryl methyl sites for hydroxylation is 2. The van der Waals surface area contributed by atoms with Crippen molar-refractivity contribution in [3.05, 3.63) is 167 Å². The van der Waals surface area contributed by atoms with E-state index in [4.69, 9.17) is 0 Å². The standard InChI is InChI=1S/C29H23N.C7H7NO2.C2H6/c1-22-14-18-26(19-15-22)30(29-13-7-11-25-10-5-6-12-28(25)29)27-20-16-24(17-21-27)23-8-3-2-4-9-23;1-6-2-4-7(5-3-6)8(9)10;1-2/h2-21H,1H3;2-5H,1H3;1-2H3. The maximum absolute atomic E-state index is 10.1. The van der Waals surface area contributed by atoms with Gasteiger partial charge in [0.15, 0.2) is 0 Å². The molecule has 0 radical (unpaired) electrons. The molecule has 0 N–H and O–H groups in total. The summed E-state index contributed by atoms with van der Waals surface area (Å²) < 4.78 is 0. The zero-order valence-corrected chi connectivity index (χ0v) is 24.6. The molecule has 0 unspecified atom stereocenters. The van der Waals surface area contributed by atoms with Crippen LogP contribution in [0.15, 0.2) is 146 Å². The molecule has 0 atom stereocenters. The molecule has 0 aliphatic rings. The molecule has 0 aromatic heterocycles. The fourth-order valence-corrected chi connectivity index (χ4v) is 4.62. The Balaban J connectivity index is 0.000000285. The largest absolute Gasteiger partial charge is 0.310 e. The first-order valence-electron chi connectivity index (χ1n) is 14.2. The van der Waals surface area contributed by atoms with Crippen LogP contribution in [0.2, 0.25) is 0 Å². The van der Waals surface area contributed by atoms with Crippen LogP contribution in [0.3, 0.4) is 0 Å². The third-order valence-corrected chi connectivity index (χ3v) is 6.78. The van der Waals surface area contributed by atoms with E-state index in [9.17, 15) is 10.1 Å². The fourth-order valence-electron chi connectivity index (χ4n) is 4.62. The van der Waals surface area contributed by atoms with Crippen molar-refractivity contribution in [2.45, 2.75) is 27.7 Å². The van der Waals surface area contributed by atoms with E-state index in [1.54, 1.807) is 12.1 Å². The second kappa shape index (κ2) is 14.4. The van der Waals surface area contributed by atoms with Gasteiger partial charge >= 0.3 is 0 Å². The number of nitro benzene ring substituents is 1. The Hall–Kier alpha value is -5.22. The van der Waals surface area contributed by atoms with Crippen molar-refractivity contribution in [1.29, 1.82) is 0 Å². The molecule has 0 aliphatic heterocycles. The number of rotatable bonds is 5. The summed E-state index contributed by atoms with van der Waals surface area (Å²) in [6, 6.07) is 49.6. The molecule has 210 valence electrons. The van der Waals surface area contributed by atoms with Crippen LogP contribution in [0, 0.1) is 24.0 Å². The summed E-state index contributed by atoms with van der Waals surface area (Å²) in [6.45, 7) is 8.02. The van der Waals surface area contributed by atoms with Crippen molar-refractivity contribution >= 4 is 33.5 Å². The van der Waals surface area contributed by atoms with Crippen molar-refractivity contribution < 1.29 is 4.92 Å². The topological polar surface area (TPSA) is 46.4 Å². The minimum Gasteiger partial charge on any atom is -0.310 e. The molecule has 6 aromatic rings. The summed E-state index contributed by atoms with van der Waals surface area (Å²) in [5, 5.41) is 12.6. The number of hydrogen-bond acceptors (Lipinski definition) is 3. The molecule has 0 aliphatic carbocycles. The van der Waals surface area contributed by atoms with Crippen molar-refractivity contribution in [2.75, 3.05) is 4.90 Å². The molecule has 6 rings (SSSR count). The number of nitrogens with zero attached hydrogens (tertiary/aromatic N) is 2. The van der Waals surface area contributed by atoms with Crippen LogP contribution in [0.4, 0.5) is 22.7 Å². The van der Waals surface area contributed by atoms with Crippen LogP contribution in [0.1, 0.15) is 25.0 Å². The van der Waals surface area contributed by atoms with Crippen LogP contribution >= 0.6 is 0 Å². The first-order valence-corrected chi connectivity index (χ1v) is 14.2. The van der Waals surface area contributed by atoms with E-state index >= 15 is 0 Å². The molecular weight excluding hydrogens is 516 g/mol. The van der Waals surface area contributed by atoms with E-state index in [0.29, 0.717) is 0 Å². The maximum atomic E-state index is 10.1. The van der Waals surface area contributed by atoms with Gasteiger partial charge in [0.05, 0.1) is 10.6 Å². The summed E-state index contributed by atoms with van der Waals surface area (Å²) in [6.07, 6.45) is 0. The van der Waals surface area contributed by atoms with Gasteiger partial charge in [-0.05, 0) is 60.7 Å². The van der Waals surface area contributed by atoms with Crippen LogP contribution < -0.4 is 4.90 Å². The van der Waals surface area contributed by atoms with Crippen molar-refractivity contribution in [3.8, 4) is 11.1 Å². The molecule has 0 fully saturated rings. The normalized spacial score (nSPS) is 10.1. The number of fused-ring (bicyclic) bond motifs is 1. The average Bonchev–Trinajstić information content (AvgIpc) is 3.04. The molecule has 4 nitrogen and oxygen atoms in total. The van der Waals surface area contributed by atoms with E-state index in [-0.39, 0.29) is 5.69 Å². The Labute approximate surface area is 248 Å². The highest BCUT2D eigenvalue weighted by atomic mass is 16.6. The predicted molar refractivity (Wildman–Crippen MR) is 178 cm³/mol. The lowest BCUT2D eigenvalue weighted by molar-refractivity contribution is -0.384. The highest BCUT2D eigenvalue weighted by Gasteiger charge is 2.15. The average molecular weight is 553 g/mol. The first-order chi connectivity index (χ1) is 20.5. The molecule has 42 heavy (non-hydrogen) atoms. The zero-order chi connectivity index (χ0) is 29.9. The minimum absolute atomic E-state index is 0.144. The quantitative estimate of drug-likeness (QED) is 0.158. The Morgan fingerprint density at radius 2 is 1.00 bits per heavy atom. The SMILES string of the molecule is CC.Cc1ccc(N(c2ccc(-c3ccccc3)cc2)c2cccc3ccccc23)cc1.Cc1ccc([N+](=O)[O-])cc1. The Kier molecular flexibility index (Phi) is 10.2. The number of anilines is 3. The molecule has 0 saturated heterocycles. The van der Waals surface area contributed by atoms with Gasteiger partial charge in [0.2, 0.25) is 0 Å². The van der Waals surface area contributed by atoms with Crippen LogP contribution in [-0.2, 0) is 0 Å². The minimum atomic E-state index is -0.403. The molecule has 0 heterocycles. The Morgan fingerprint density at radius 1 is 0.524 bits per heavy atom. The summed E-state index contributed by atoms with van der Waals surface area (Å²) in [5.74, 6) is 0. The second-order valence-electron chi connectivity index (χ2n) is 9.67. The van der Waals surface area contributed by atoms with Gasteiger partial charge in [-0.3, -0.25) is 10.1 Å². The third kappa shape index (κ3) is 7.29. The van der Waals surface area contributed by atoms with Gasteiger partial charge in [-0.25, -0.2) is 0 Å². The number of hydrogen-bond donors (Lipinski definition) is 0. The van der Waals surface area contributed by atoms with Crippen molar-refractivity contribution in [2.24, 2.45) is 0 Å². The van der Waals surface area contributed by atoms with Crippen LogP contribution in [0.25, 0.3) is 21.9 Å². The van der Waals surface area contributed by atoms with Crippen molar-refractivity contribution in [3.63, 3.8) is 0 Å². The molecule has 0 bridgehead atoms. The summed E-state index contributed by atoms with van der Waals surface area (Å²) in [5.41, 5.74) is 8.38. The molecule has 6 aromatic carbocycles. The lowest BCUT2D eigenvalue weighted by atomic mass is 10.0. The predicted octanol–water partition coefficient (Wildman–Crippen LogP) is 11.2. The smallest absolute Gasteiger partial charge is 0.269 e. The van der Waals surface area contributed by atoms with Crippen molar-refractivity contribution in [1.82, 2.24) is 0 Å². The van der Waals surface area contributed by atoms with Gasteiger partial charge < -0.3 is 4.90 Å². The Morgan fingerprint density at radius 3 is 1.60 bits per heavy atom. The first kappa shape index (κ1) is 29.8. The van der Waals surface area contributed by atoms with E-state index in [0.717, 1.165) is 16.9 Å². The molecular formula is C38H36N2O2. The van der Waals surface area contributed by atoms with Gasteiger partial charge in [-0.1, -0.05) is 128 Å². The van der Waals surface area contributed by atoms with Gasteiger partial charge in [0, 0.05) is 28.9 Å². The summed E-state index contributed by atoms with van der Waals surface area (Å²) in [4.78, 5) is 12.1. The van der Waals surface area contributed by atoms with E-state index in [2.05, 4.69) is 133 Å². The van der Waals surface area contributed by atoms with Gasteiger partial charge in [0.1, 0.15) is 0 Å². The van der Waals surface area contributed by atoms with E-state index in [1.165, 1.54) is 45.3 Å². The lowest BCUT2D eigenvalue weighted by Gasteiger charge is -2.27. The van der Waals surface area contributed by atoms with Gasteiger partial charge in [-0.15, -0.1) is 0 Å². The van der Waals surface area contributed by atoms with Gasteiger partial charge in [0.25, 0.3) is 5.69 Å². The number of non-ortho nitro benzene ring substituents is 1. The zero-order valence-electron chi connectivity index (χ0n) is 24.6. The van der Waals surface area contributed by atoms with Crippen LogP contribution in [0.5, 0.6) is 0 Å². The number of nitro groups is 1. The van der Waals surface area contributed by atoms with Gasteiger partial charge in [-0.2, -0.15) is 0 Å². The fraction of sp³-hybridized carbons (Fsp3) is 0.105. The second-order valence-corrected chi connectivity index (χ2v) is 9.67. The molecule has 0 saturated carbocycles. The number of benzene rings is 6. The monoisotopic (exact) mass is 552 g/mol. The highest BCUT2D eigenvalue weighted by molar-refractivity contribution is 5.98. The molecule has 0 amide bonds. The Bertz CT molecular complexity index is 1710.